The van der Waals surface area contributed by atoms with Gasteiger partial charge in [0.2, 0.25) is 21.8 Å². The SMILES string of the molecule is CCNC(=O)[C@@H](CC)N(Cc1ccc(OC)cc1)C(=O)CN(C)S(=O)(=O)c1ccc(C)cc1. The molecule has 180 valence electrons. The Bertz CT molecular complexity index is 1040. The first kappa shape index (κ1) is 26.3. The van der Waals surface area contributed by atoms with Crippen LogP contribution in [0.3, 0.4) is 0 Å². The minimum atomic E-state index is -3.86. The van der Waals surface area contributed by atoms with Crippen molar-refractivity contribution in [3.05, 3.63) is 59.7 Å². The van der Waals surface area contributed by atoms with Crippen LogP contribution in [-0.2, 0) is 26.2 Å². The summed E-state index contributed by atoms with van der Waals surface area (Å²) in [6.07, 6.45) is 0.391. The number of nitrogens with one attached hydrogen (secondary N) is 1. The first-order chi connectivity index (χ1) is 15.6. The second-order valence-electron chi connectivity index (χ2n) is 7.76. The van der Waals surface area contributed by atoms with Crippen molar-refractivity contribution in [3.8, 4) is 5.75 Å². The summed E-state index contributed by atoms with van der Waals surface area (Å²) in [7, 11) is -0.927. The number of benzene rings is 2. The number of likely N-dealkylation sites (N-methyl/N-ethyl adjacent to an activating group) is 2. The number of methoxy groups -OCH3 is 1. The fourth-order valence-corrected chi connectivity index (χ4v) is 4.52. The van der Waals surface area contributed by atoms with Crippen molar-refractivity contribution in [1.82, 2.24) is 14.5 Å². The summed E-state index contributed by atoms with van der Waals surface area (Å²) >= 11 is 0. The molecule has 33 heavy (non-hydrogen) atoms. The Morgan fingerprint density at radius 2 is 1.64 bits per heavy atom. The molecule has 0 spiro atoms. The molecule has 8 nitrogen and oxygen atoms in total. The number of sulfonamides is 1. The molecule has 2 amide bonds. The maximum atomic E-state index is 13.3. The van der Waals surface area contributed by atoms with E-state index in [0.29, 0.717) is 18.7 Å². The van der Waals surface area contributed by atoms with Crippen molar-refractivity contribution >= 4 is 21.8 Å². The van der Waals surface area contributed by atoms with Crippen molar-refractivity contribution < 1.29 is 22.7 Å². The van der Waals surface area contributed by atoms with Gasteiger partial charge in [-0.2, -0.15) is 4.31 Å². The van der Waals surface area contributed by atoms with Crippen LogP contribution in [0.5, 0.6) is 5.75 Å². The zero-order valence-corrected chi connectivity index (χ0v) is 20.7. The third-order valence-corrected chi connectivity index (χ3v) is 7.15. The second-order valence-corrected chi connectivity index (χ2v) is 9.81. The van der Waals surface area contributed by atoms with E-state index in [1.54, 1.807) is 31.4 Å². The number of aryl methyl sites for hydroxylation is 1. The van der Waals surface area contributed by atoms with Crippen LogP contribution in [0.1, 0.15) is 31.4 Å². The number of carbonyl (C=O) groups is 2. The lowest BCUT2D eigenvalue weighted by Crippen LogP contribution is -2.51. The smallest absolute Gasteiger partial charge is 0.243 e. The van der Waals surface area contributed by atoms with Gasteiger partial charge in [0.05, 0.1) is 18.6 Å². The molecule has 0 aromatic heterocycles. The number of amides is 2. The van der Waals surface area contributed by atoms with E-state index < -0.39 is 22.0 Å². The van der Waals surface area contributed by atoms with Crippen molar-refractivity contribution in [2.24, 2.45) is 0 Å². The average Bonchev–Trinajstić information content (AvgIpc) is 2.79. The summed E-state index contributed by atoms with van der Waals surface area (Å²) in [5.41, 5.74) is 1.74. The standard InChI is InChI=1S/C24H33N3O5S/c1-6-22(24(29)25-7-2)27(16-19-10-12-20(32-5)13-11-19)23(28)17-26(4)33(30,31)21-14-8-18(3)9-15-21/h8-15,22H,6-7,16-17H2,1-5H3,(H,25,29)/t22-/m1/s1. The van der Waals surface area contributed by atoms with E-state index in [1.165, 1.54) is 24.1 Å². The van der Waals surface area contributed by atoms with Crippen molar-refractivity contribution in [1.29, 1.82) is 0 Å². The zero-order chi connectivity index (χ0) is 24.6. The van der Waals surface area contributed by atoms with Gasteiger partial charge in [-0.3, -0.25) is 9.59 Å². The summed E-state index contributed by atoms with van der Waals surface area (Å²) in [6.45, 7) is 5.71. The highest BCUT2D eigenvalue weighted by molar-refractivity contribution is 7.89. The molecule has 0 aliphatic heterocycles. The predicted molar refractivity (Wildman–Crippen MR) is 127 cm³/mol. The lowest BCUT2D eigenvalue weighted by molar-refractivity contribution is -0.141. The third kappa shape index (κ3) is 6.79. The van der Waals surface area contributed by atoms with E-state index >= 15 is 0 Å². The maximum absolute atomic E-state index is 13.3. The van der Waals surface area contributed by atoms with E-state index in [2.05, 4.69) is 5.32 Å². The van der Waals surface area contributed by atoms with E-state index in [1.807, 2.05) is 32.9 Å². The van der Waals surface area contributed by atoms with Crippen LogP contribution in [0.15, 0.2) is 53.4 Å². The summed E-state index contributed by atoms with van der Waals surface area (Å²) in [5, 5.41) is 2.77. The Morgan fingerprint density at radius 1 is 1.03 bits per heavy atom. The number of nitrogens with zero attached hydrogens (tertiary/aromatic N) is 2. The van der Waals surface area contributed by atoms with E-state index in [9.17, 15) is 18.0 Å². The van der Waals surface area contributed by atoms with Crippen LogP contribution in [0.4, 0.5) is 0 Å². The van der Waals surface area contributed by atoms with Gasteiger partial charge in [-0.15, -0.1) is 0 Å². The highest BCUT2D eigenvalue weighted by atomic mass is 32.2. The van der Waals surface area contributed by atoms with Crippen LogP contribution in [0.2, 0.25) is 0 Å². The summed E-state index contributed by atoms with van der Waals surface area (Å²) in [5.74, 6) is -0.0515. The summed E-state index contributed by atoms with van der Waals surface area (Å²) in [6, 6.07) is 12.9. The van der Waals surface area contributed by atoms with Gasteiger partial charge in [-0.25, -0.2) is 8.42 Å². The normalized spacial score (nSPS) is 12.3. The topological polar surface area (TPSA) is 96.0 Å². The highest BCUT2D eigenvalue weighted by Crippen LogP contribution is 2.19. The molecule has 0 saturated carbocycles. The average molecular weight is 476 g/mol. The molecule has 9 heteroatoms. The molecular formula is C24H33N3O5S. The van der Waals surface area contributed by atoms with Gasteiger partial charge in [-0.05, 0) is 50.1 Å². The van der Waals surface area contributed by atoms with Crippen molar-refractivity contribution in [2.75, 3.05) is 27.2 Å². The first-order valence-corrected chi connectivity index (χ1v) is 12.3. The summed E-state index contributed by atoms with van der Waals surface area (Å²) < 4.78 is 32.1. The van der Waals surface area contributed by atoms with Gasteiger partial charge in [0.1, 0.15) is 11.8 Å². The molecule has 0 radical (unpaired) electrons. The number of hydrogen-bond donors (Lipinski definition) is 1. The minimum absolute atomic E-state index is 0.112. The van der Waals surface area contributed by atoms with Crippen molar-refractivity contribution in [2.45, 2.75) is 44.7 Å². The molecule has 0 unspecified atom stereocenters. The van der Waals surface area contributed by atoms with E-state index in [4.69, 9.17) is 4.74 Å². The highest BCUT2D eigenvalue weighted by Gasteiger charge is 2.31. The molecule has 2 rings (SSSR count). The molecule has 2 aromatic rings. The number of hydrogen-bond acceptors (Lipinski definition) is 5. The molecule has 1 atom stereocenters. The minimum Gasteiger partial charge on any atom is -0.497 e. The molecular weight excluding hydrogens is 442 g/mol. The van der Waals surface area contributed by atoms with Crippen LogP contribution >= 0.6 is 0 Å². The second kappa shape index (κ2) is 11.8. The molecule has 0 bridgehead atoms. The van der Waals surface area contributed by atoms with Crippen molar-refractivity contribution in [3.63, 3.8) is 0 Å². The van der Waals surface area contributed by atoms with E-state index in [0.717, 1.165) is 15.4 Å². The lowest BCUT2D eigenvalue weighted by atomic mass is 10.1. The van der Waals surface area contributed by atoms with Gasteiger partial charge in [0.15, 0.2) is 0 Å². The Kier molecular flexibility index (Phi) is 9.43. The van der Waals surface area contributed by atoms with Gasteiger partial charge >= 0.3 is 0 Å². The fraction of sp³-hybridized carbons (Fsp3) is 0.417. The third-order valence-electron chi connectivity index (χ3n) is 5.34. The van der Waals surface area contributed by atoms with Crippen LogP contribution < -0.4 is 10.1 Å². The Morgan fingerprint density at radius 3 is 2.15 bits per heavy atom. The monoisotopic (exact) mass is 475 g/mol. The Labute approximate surface area is 196 Å². The van der Waals surface area contributed by atoms with Gasteiger partial charge in [0, 0.05) is 20.1 Å². The number of ether oxygens (including phenoxy) is 1. The Hall–Kier alpha value is -2.91. The molecule has 2 aromatic carbocycles. The predicted octanol–water partition coefficient (Wildman–Crippen LogP) is 2.57. The zero-order valence-electron chi connectivity index (χ0n) is 19.9. The molecule has 0 saturated heterocycles. The van der Waals surface area contributed by atoms with Gasteiger partial charge < -0.3 is 15.0 Å². The maximum Gasteiger partial charge on any atom is 0.243 e. The number of carbonyl (C=O) groups excluding carboxylic acids is 2. The van der Waals surface area contributed by atoms with Crippen LogP contribution in [-0.4, -0.2) is 62.7 Å². The molecule has 0 heterocycles. The first-order valence-electron chi connectivity index (χ1n) is 10.9. The molecule has 1 N–H and O–H groups in total. The largest absolute Gasteiger partial charge is 0.497 e. The van der Waals surface area contributed by atoms with Crippen LogP contribution in [0.25, 0.3) is 0 Å². The molecule has 0 fully saturated rings. The quantitative estimate of drug-likeness (QED) is 0.539. The summed E-state index contributed by atoms with van der Waals surface area (Å²) in [4.78, 5) is 27.6. The van der Waals surface area contributed by atoms with E-state index in [-0.39, 0.29) is 23.9 Å². The van der Waals surface area contributed by atoms with Gasteiger partial charge in [-0.1, -0.05) is 36.8 Å². The molecule has 0 aliphatic carbocycles. The Balaban J connectivity index is 2.30. The van der Waals surface area contributed by atoms with Crippen LogP contribution in [0, 0.1) is 6.92 Å². The molecule has 0 aliphatic rings. The lowest BCUT2D eigenvalue weighted by Gasteiger charge is -2.32. The van der Waals surface area contributed by atoms with Gasteiger partial charge in [0.25, 0.3) is 0 Å². The number of rotatable bonds is 11. The fourth-order valence-electron chi connectivity index (χ4n) is 3.40.